The molecule has 0 aromatic heterocycles. The monoisotopic (exact) mass is 298 g/mol. The van der Waals surface area contributed by atoms with Crippen molar-refractivity contribution in [2.24, 2.45) is 5.92 Å². The Morgan fingerprint density at radius 2 is 1.86 bits per heavy atom. The van der Waals surface area contributed by atoms with Crippen LogP contribution in [0.3, 0.4) is 0 Å². The summed E-state index contributed by atoms with van der Waals surface area (Å²) in [5.41, 5.74) is 1.89. The Morgan fingerprint density at radius 3 is 2.59 bits per heavy atom. The van der Waals surface area contributed by atoms with Gasteiger partial charge in [-0.1, -0.05) is 12.1 Å². The predicted molar refractivity (Wildman–Crippen MR) is 90.0 cm³/mol. The van der Waals surface area contributed by atoms with E-state index in [2.05, 4.69) is 27.7 Å². The summed E-state index contributed by atoms with van der Waals surface area (Å²) < 4.78 is 0. The van der Waals surface area contributed by atoms with E-state index in [4.69, 9.17) is 0 Å². The normalized spacial score (nSPS) is 20.8. The van der Waals surface area contributed by atoms with E-state index >= 15 is 0 Å². The Morgan fingerprint density at radius 1 is 1.14 bits per heavy atom. The fourth-order valence-electron chi connectivity index (χ4n) is 3.59. The van der Waals surface area contributed by atoms with Gasteiger partial charge in [0.2, 0.25) is 0 Å². The molecule has 4 nitrogen and oxygen atoms in total. The van der Waals surface area contributed by atoms with Crippen LogP contribution in [0.15, 0.2) is 24.3 Å². The van der Waals surface area contributed by atoms with E-state index in [1.54, 1.807) is 0 Å². The summed E-state index contributed by atoms with van der Waals surface area (Å²) in [6.45, 7) is 5.61. The molecular formula is C18H26N4. The van der Waals surface area contributed by atoms with Crippen molar-refractivity contribution in [3.63, 3.8) is 0 Å². The van der Waals surface area contributed by atoms with Crippen molar-refractivity contribution in [2.45, 2.75) is 31.7 Å². The van der Waals surface area contributed by atoms with Crippen LogP contribution in [-0.2, 0) is 0 Å². The minimum Gasteiger partial charge on any atom is -0.370 e. The number of anilines is 1. The third kappa shape index (κ3) is 3.79. The maximum absolute atomic E-state index is 9.24. The number of piperidine rings is 2. The number of rotatable bonds is 4. The van der Waals surface area contributed by atoms with Crippen molar-refractivity contribution in [2.75, 3.05) is 37.6 Å². The van der Waals surface area contributed by atoms with Crippen LogP contribution in [0.4, 0.5) is 5.69 Å². The third-order valence-corrected chi connectivity index (χ3v) is 5.01. The summed E-state index contributed by atoms with van der Waals surface area (Å²) >= 11 is 0. The van der Waals surface area contributed by atoms with Crippen LogP contribution in [0.1, 0.15) is 31.2 Å². The summed E-state index contributed by atoms with van der Waals surface area (Å²) in [4.78, 5) is 2.36. The molecule has 0 saturated carbocycles. The molecule has 2 saturated heterocycles. The molecule has 0 aliphatic carbocycles. The van der Waals surface area contributed by atoms with Crippen LogP contribution in [0.25, 0.3) is 0 Å². The van der Waals surface area contributed by atoms with Gasteiger partial charge in [0.15, 0.2) is 0 Å². The molecule has 2 heterocycles. The van der Waals surface area contributed by atoms with Crippen molar-refractivity contribution in [1.82, 2.24) is 10.6 Å². The quantitative estimate of drug-likeness (QED) is 0.894. The average molecular weight is 298 g/mol. The minimum absolute atomic E-state index is 0.639. The van der Waals surface area contributed by atoms with E-state index < -0.39 is 0 Å². The Balaban J connectivity index is 1.47. The van der Waals surface area contributed by atoms with Crippen molar-refractivity contribution >= 4 is 5.69 Å². The second-order valence-electron chi connectivity index (χ2n) is 6.49. The van der Waals surface area contributed by atoms with Crippen molar-refractivity contribution in [3.8, 4) is 6.07 Å². The Kier molecular flexibility index (Phi) is 5.31. The highest BCUT2D eigenvalue weighted by Gasteiger charge is 2.22. The van der Waals surface area contributed by atoms with Gasteiger partial charge in [-0.15, -0.1) is 0 Å². The SMILES string of the molecule is N#Cc1ccccc1N1CCC(NCC2CCNCC2)CC1. The number of hydrogen-bond donors (Lipinski definition) is 2. The van der Waals surface area contributed by atoms with Gasteiger partial charge in [-0.3, -0.25) is 0 Å². The first-order valence-electron chi connectivity index (χ1n) is 8.55. The molecule has 2 aliphatic rings. The van der Waals surface area contributed by atoms with Gasteiger partial charge in [-0.05, 0) is 63.4 Å². The fourth-order valence-corrected chi connectivity index (χ4v) is 3.59. The van der Waals surface area contributed by atoms with E-state index in [1.165, 1.54) is 45.3 Å². The van der Waals surface area contributed by atoms with Crippen LogP contribution < -0.4 is 15.5 Å². The molecule has 1 aromatic carbocycles. The molecule has 0 bridgehead atoms. The van der Waals surface area contributed by atoms with Crippen LogP contribution in [0, 0.1) is 17.2 Å². The molecule has 2 aliphatic heterocycles. The molecule has 1 aromatic rings. The maximum Gasteiger partial charge on any atom is 0.101 e. The molecule has 0 atom stereocenters. The average Bonchev–Trinajstić information content (AvgIpc) is 2.61. The van der Waals surface area contributed by atoms with Gasteiger partial charge in [0.05, 0.1) is 11.3 Å². The first-order chi connectivity index (χ1) is 10.9. The highest BCUT2D eigenvalue weighted by atomic mass is 15.1. The summed E-state index contributed by atoms with van der Waals surface area (Å²) in [5.74, 6) is 0.846. The van der Waals surface area contributed by atoms with E-state index in [9.17, 15) is 5.26 Å². The van der Waals surface area contributed by atoms with Gasteiger partial charge in [0.25, 0.3) is 0 Å². The zero-order valence-electron chi connectivity index (χ0n) is 13.2. The molecule has 118 valence electrons. The predicted octanol–water partition coefficient (Wildman–Crippen LogP) is 2.12. The lowest BCUT2D eigenvalue weighted by molar-refractivity contribution is 0.321. The smallest absolute Gasteiger partial charge is 0.101 e. The Bertz CT molecular complexity index is 508. The van der Waals surface area contributed by atoms with Crippen molar-refractivity contribution in [1.29, 1.82) is 5.26 Å². The van der Waals surface area contributed by atoms with Gasteiger partial charge in [-0.2, -0.15) is 5.26 Å². The third-order valence-electron chi connectivity index (χ3n) is 5.01. The maximum atomic E-state index is 9.24. The molecule has 2 fully saturated rings. The molecule has 0 amide bonds. The molecule has 22 heavy (non-hydrogen) atoms. The van der Waals surface area contributed by atoms with Gasteiger partial charge < -0.3 is 15.5 Å². The highest BCUT2D eigenvalue weighted by molar-refractivity contribution is 5.59. The number of benzene rings is 1. The van der Waals surface area contributed by atoms with Crippen molar-refractivity contribution in [3.05, 3.63) is 29.8 Å². The zero-order valence-corrected chi connectivity index (χ0v) is 13.2. The largest absolute Gasteiger partial charge is 0.370 e. The first kappa shape index (κ1) is 15.3. The molecular weight excluding hydrogens is 272 g/mol. The first-order valence-corrected chi connectivity index (χ1v) is 8.55. The summed E-state index contributed by atoms with van der Waals surface area (Å²) in [5, 5.41) is 16.4. The van der Waals surface area contributed by atoms with Crippen LogP contribution in [0.5, 0.6) is 0 Å². The zero-order chi connectivity index (χ0) is 15.2. The molecule has 3 rings (SSSR count). The summed E-state index contributed by atoms with van der Waals surface area (Å²) in [6.07, 6.45) is 4.96. The van der Waals surface area contributed by atoms with Gasteiger partial charge in [0.1, 0.15) is 6.07 Å². The van der Waals surface area contributed by atoms with E-state index in [-0.39, 0.29) is 0 Å². The van der Waals surface area contributed by atoms with Gasteiger partial charge >= 0.3 is 0 Å². The Labute approximate surface area is 133 Å². The van der Waals surface area contributed by atoms with E-state index in [0.29, 0.717) is 6.04 Å². The van der Waals surface area contributed by atoms with Crippen molar-refractivity contribution < 1.29 is 0 Å². The number of hydrogen-bond acceptors (Lipinski definition) is 4. The van der Waals surface area contributed by atoms with Crippen LogP contribution in [-0.4, -0.2) is 38.8 Å². The molecule has 0 radical (unpaired) electrons. The Hall–Kier alpha value is -1.57. The molecule has 0 unspecified atom stereocenters. The molecule has 0 spiro atoms. The van der Waals surface area contributed by atoms with Gasteiger partial charge in [-0.25, -0.2) is 0 Å². The minimum atomic E-state index is 0.639. The number of nitrogens with one attached hydrogen (secondary N) is 2. The van der Waals surface area contributed by atoms with Crippen LogP contribution >= 0.6 is 0 Å². The second kappa shape index (κ2) is 7.62. The molecule has 2 N–H and O–H groups in total. The number of nitrogens with zero attached hydrogens (tertiary/aromatic N) is 2. The topological polar surface area (TPSA) is 51.1 Å². The summed E-state index contributed by atoms with van der Waals surface area (Å²) in [6, 6.07) is 10.9. The lowest BCUT2D eigenvalue weighted by Crippen LogP contribution is -2.45. The summed E-state index contributed by atoms with van der Waals surface area (Å²) in [7, 11) is 0. The van der Waals surface area contributed by atoms with E-state index in [1.807, 2.05) is 18.2 Å². The lowest BCUT2D eigenvalue weighted by atomic mass is 9.96. The second-order valence-corrected chi connectivity index (χ2v) is 6.49. The number of nitriles is 1. The molecule has 4 heteroatoms. The standard InChI is InChI=1S/C18H26N4/c19-13-16-3-1-2-4-18(16)22-11-7-17(8-12-22)21-14-15-5-9-20-10-6-15/h1-4,15,17,20-21H,5-12,14H2. The van der Waals surface area contributed by atoms with Crippen LogP contribution in [0.2, 0.25) is 0 Å². The number of para-hydroxylation sites is 1. The van der Waals surface area contributed by atoms with Gasteiger partial charge in [0, 0.05) is 19.1 Å². The fraction of sp³-hybridized carbons (Fsp3) is 0.611. The van der Waals surface area contributed by atoms with E-state index in [0.717, 1.165) is 30.3 Å². The highest BCUT2D eigenvalue weighted by Crippen LogP contribution is 2.23. The lowest BCUT2D eigenvalue weighted by Gasteiger charge is -2.35.